The number of rotatable bonds is 3. The van der Waals surface area contributed by atoms with Gasteiger partial charge in [-0.1, -0.05) is 18.2 Å². The molecule has 26 heavy (non-hydrogen) atoms. The summed E-state index contributed by atoms with van der Waals surface area (Å²) in [5.74, 6) is -1.17. The van der Waals surface area contributed by atoms with E-state index in [0.29, 0.717) is 23.4 Å². The minimum atomic E-state index is -0.621. The average molecular weight is 350 g/mol. The fraction of sp³-hybridized carbons (Fsp3) is 0.100. The first-order chi connectivity index (χ1) is 12.5. The SMILES string of the molecule is Cc1ccoc1C(=O)Nc1ccc(N2Cc3ccccc3C2=O)cc1F. The van der Waals surface area contributed by atoms with Crippen molar-refractivity contribution >= 4 is 23.2 Å². The first-order valence-corrected chi connectivity index (χ1v) is 8.09. The van der Waals surface area contributed by atoms with Gasteiger partial charge < -0.3 is 14.6 Å². The fourth-order valence-electron chi connectivity index (χ4n) is 3.02. The molecule has 0 bridgehead atoms. The van der Waals surface area contributed by atoms with Crippen LogP contribution in [0.1, 0.15) is 32.0 Å². The molecule has 4 rings (SSSR count). The number of nitrogens with zero attached hydrogens (tertiary/aromatic N) is 1. The van der Waals surface area contributed by atoms with Crippen LogP contribution in [-0.4, -0.2) is 11.8 Å². The molecule has 0 aliphatic carbocycles. The number of nitrogens with one attached hydrogen (secondary N) is 1. The van der Waals surface area contributed by atoms with Gasteiger partial charge in [-0.2, -0.15) is 0 Å². The Morgan fingerprint density at radius 1 is 1.19 bits per heavy atom. The largest absolute Gasteiger partial charge is 0.459 e. The third-order valence-electron chi connectivity index (χ3n) is 4.40. The highest BCUT2D eigenvalue weighted by Crippen LogP contribution is 2.30. The number of hydrogen-bond acceptors (Lipinski definition) is 3. The Morgan fingerprint density at radius 3 is 2.69 bits per heavy atom. The Labute approximate surface area is 149 Å². The quantitative estimate of drug-likeness (QED) is 0.772. The number of anilines is 2. The lowest BCUT2D eigenvalue weighted by atomic mass is 10.1. The van der Waals surface area contributed by atoms with E-state index in [9.17, 15) is 14.0 Å². The lowest BCUT2D eigenvalue weighted by Gasteiger charge is -2.17. The van der Waals surface area contributed by atoms with Crippen LogP contribution in [0.5, 0.6) is 0 Å². The second-order valence-corrected chi connectivity index (χ2v) is 6.10. The third-order valence-corrected chi connectivity index (χ3v) is 4.40. The number of carbonyl (C=O) groups is 2. The predicted molar refractivity (Wildman–Crippen MR) is 94.8 cm³/mol. The van der Waals surface area contributed by atoms with E-state index in [-0.39, 0.29) is 17.4 Å². The highest BCUT2D eigenvalue weighted by Gasteiger charge is 2.28. The molecule has 1 N–H and O–H groups in total. The van der Waals surface area contributed by atoms with Gasteiger partial charge >= 0.3 is 0 Å². The Balaban J connectivity index is 1.57. The van der Waals surface area contributed by atoms with Crippen molar-refractivity contribution in [3.8, 4) is 0 Å². The molecule has 0 saturated carbocycles. The summed E-state index contributed by atoms with van der Waals surface area (Å²) in [6, 6.07) is 13.3. The molecule has 1 aromatic heterocycles. The second kappa shape index (κ2) is 6.15. The van der Waals surface area contributed by atoms with Crippen molar-refractivity contribution in [1.82, 2.24) is 0 Å². The van der Waals surface area contributed by atoms with Crippen LogP contribution in [0.15, 0.2) is 59.2 Å². The van der Waals surface area contributed by atoms with Crippen LogP contribution in [0.25, 0.3) is 0 Å². The number of fused-ring (bicyclic) bond motifs is 1. The van der Waals surface area contributed by atoms with Crippen molar-refractivity contribution in [2.75, 3.05) is 10.2 Å². The lowest BCUT2D eigenvalue weighted by molar-refractivity contribution is 0.0987. The van der Waals surface area contributed by atoms with Gasteiger partial charge in [-0.25, -0.2) is 4.39 Å². The molecule has 0 radical (unpaired) electrons. The van der Waals surface area contributed by atoms with E-state index in [0.717, 1.165) is 5.56 Å². The maximum Gasteiger partial charge on any atom is 0.291 e. The van der Waals surface area contributed by atoms with Crippen LogP contribution in [0.2, 0.25) is 0 Å². The number of amides is 2. The van der Waals surface area contributed by atoms with Gasteiger partial charge in [0.15, 0.2) is 5.76 Å². The Bertz CT molecular complexity index is 1030. The van der Waals surface area contributed by atoms with Crippen molar-refractivity contribution in [3.63, 3.8) is 0 Å². The summed E-state index contributed by atoms with van der Waals surface area (Å²) in [4.78, 5) is 26.1. The first-order valence-electron chi connectivity index (χ1n) is 8.09. The number of hydrogen-bond donors (Lipinski definition) is 1. The lowest BCUT2D eigenvalue weighted by Crippen LogP contribution is -2.23. The van der Waals surface area contributed by atoms with Gasteiger partial charge in [-0.05, 0) is 42.8 Å². The van der Waals surface area contributed by atoms with Crippen molar-refractivity contribution in [2.24, 2.45) is 0 Å². The number of carbonyl (C=O) groups excluding carboxylic acids is 2. The van der Waals surface area contributed by atoms with Crippen LogP contribution in [0, 0.1) is 12.7 Å². The number of furan rings is 1. The molecule has 0 spiro atoms. The zero-order valence-corrected chi connectivity index (χ0v) is 14.0. The molecule has 130 valence electrons. The number of benzene rings is 2. The van der Waals surface area contributed by atoms with Crippen LogP contribution in [0.4, 0.5) is 15.8 Å². The molecule has 1 aliphatic rings. The topological polar surface area (TPSA) is 62.6 Å². The highest BCUT2D eigenvalue weighted by atomic mass is 19.1. The molecular weight excluding hydrogens is 335 g/mol. The van der Waals surface area contributed by atoms with E-state index < -0.39 is 11.7 Å². The molecule has 0 atom stereocenters. The van der Waals surface area contributed by atoms with Gasteiger partial charge in [0, 0.05) is 16.8 Å². The minimum Gasteiger partial charge on any atom is -0.459 e. The van der Waals surface area contributed by atoms with Gasteiger partial charge in [0.05, 0.1) is 18.5 Å². The normalized spacial score (nSPS) is 13.0. The molecule has 1 aliphatic heterocycles. The standard InChI is InChI=1S/C20H15FN2O3/c1-12-8-9-26-18(12)19(24)22-17-7-6-14(10-16(17)21)23-11-13-4-2-3-5-15(13)20(23)25/h2-10H,11H2,1H3,(H,22,24). The average Bonchev–Trinajstić information content (AvgIpc) is 3.21. The predicted octanol–water partition coefficient (Wildman–Crippen LogP) is 4.14. The molecule has 3 aromatic rings. The van der Waals surface area contributed by atoms with Crippen LogP contribution in [0.3, 0.4) is 0 Å². The summed E-state index contributed by atoms with van der Waals surface area (Å²) < 4.78 is 19.6. The van der Waals surface area contributed by atoms with E-state index >= 15 is 0 Å². The summed E-state index contributed by atoms with van der Waals surface area (Å²) in [6.07, 6.45) is 1.40. The van der Waals surface area contributed by atoms with Gasteiger partial charge in [0.25, 0.3) is 11.8 Å². The maximum absolute atomic E-state index is 14.5. The van der Waals surface area contributed by atoms with E-state index in [1.807, 2.05) is 12.1 Å². The summed E-state index contributed by atoms with van der Waals surface area (Å²) in [6.45, 7) is 2.13. The first kappa shape index (κ1) is 16.1. The summed E-state index contributed by atoms with van der Waals surface area (Å²) in [5, 5.41) is 2.49. The highest BCUT2D eigenvalue weighted by molar-refractivity contribution is 6.10. The number of halogens is 1. The molecule has 5 nitrogen and oxygen atoms in total. The monoisotopic (exact) mass is 350 g/mol. The van der Waals surface area contributed by atoms with Crippen molar-refractivity contribution < 1.29 is 18.4 Å². The van der Waals surface area contributed by atoms with E-state index in [1.54, 1.807) is 31.2 Å². The van der Waals surface area contributed by atoms with Crippen molar-refractivity contribution in [3.05, 3.63) is 83.1 Å². The zero-order valence-electron chi connectivity index (χ0n) is 14.0. The Morgan fingerprint density at radius 2 is 2.00 bits per heavy atom. The summed E-state index contributed by atoms with van der Waals surface area (Å²) >= 11 is 0. The Kier molecular flexibility index (Phi) is 3.80. The van der Waals surface area contributed by atoms with Gasteiger partial charge in [0.1, 0.15) is 5.82 Å². The minimum absolute atomic E-state index is 0.0266. The fourth-order valence-corrected chi connectivity index (χ4v) is 3.02. The third kappa shape index (κ3) is 2.65. The van der Waals surface area contributed by atoms with Crippen molar-refractivity contribution in [2.45, 2.75) is 13.5 Å². The smallest absolute Gasteiger partial charge is 0.291 e. The molecule has 2 amide bonds. The van der Waals surface area contributed by atoms with Gasteiger partial charge in [-0.3, -0.25) is 9.59 Å². The zero-order chi connectivity index (χ0) is 18.3. The molecule has 0 unspecified atom stereocenters. The molecule has 2 aromatic carbocycles. The summed E-state index contributed by atoms with van der Waals surface area (Å²) in [5.41, 5.74) is 2.66. The van der Waals surface area contributed by atoms with Crippen LogP contribution < -0.4 is 10.2 Å². The van der Waals surface area contributed by atoms with Crippen LogP contribution in [-0.2, 0) is 6.54 Å². The summed E-state index contributed by atoms with van der Waals surface area (Å²) in [7, 11) is 0. The molecule has 0 fully saturated rings. The van der Waals surface area contributed by atoms with Crippen LogP contribution >= 0.6 is 0 Å². The molecule has 2 heterocycles. The van der Waals surface area contributed by atoms with Gasteiger partial charge in [-0.15, -0.1) is 0 Å². The second-order valence-electron chi connectivity index (χ2n) is 6.10. The van der Waals surface area contributed by atoms with E-state index in [1.165, 1.54) is 23.3 Å². The van der Waals surface area contributed by atoms with Crippen molar-refractivity contribution in [1.29, 1.82) is 0 Å². The van der Waals surface area contributed by atoms with Gasteiger partial charge in [0.2, 0.25) is 0 Å². The number of aryl methyl sites for hydroxylation is 1. The molecule has 0 saturated heterocycles. The Hall–Kier alpha value is -3.41. The molecule has 6 heteroatoms. The molecular formula is C20H15FN2O3. The maximum atomic E-state index is 14.5. The van der Waals surface area contributed by atoms with E-state index in [2.05, 4.69) is 5.32 Å². The van der Waals surface area contributed by atoms with E-state index in [4.69, 9.17) is 4.42 Å².